The SMILES string of the molecule is Cc1ccc2nc(N(CCCn3ccnc3)C(=O)c3ccc(F)cc3F)sc2c1.Cl. The minimum Gasteiger partial charge on any atom is -0.337 e. The van der Waals surface area contributed by atoms with Crippen molar-refractivity contribution in [3.05, 3.63) is 77.9 Å². The number of aromatic nitrogens is 3. The zero-order valence-corrected chi connectivity index (χ0v) is 17.7. The third kappa shape index (κ3) is 4.66. The molecule has 0 N–H and O–H groups in total. The first kappa shape index (κ1) is 21.9. The predicted molar refractivity (Wildman–Crippen MR) is 116 cm³/mol. The molecular formula is C21H19ClF2N4OS. The molecular weight excluding hydrogens is 430 g/mol. The van der Waals surface area contributed by atoms with E-state index in [1.165, 1.54) is 22.3 Å². The van der Waals surface area contributed by atoms with Crippen LogP contribution in [0.4, 0.5) is 13.9 Å². The van der Waals surface area contributed by atoms with E-state index >= 15 is 0 Å². The molecule has 0 aliphatic rings. The second-order valence-corrected chi connectivity index (χ2v) is 7.71. The van der Waals surface area contributed by atoms with E-state index in [0.717, 1.165) is 27.9 Å². The molecule has 5 nitrogen and oxygen atoms in total. The first-order valence-corrected chi connectivity index (χ1v) is 9.93. The summed E-state index contributed by atoms with van der Waals surface area (Å²) in [6.45, 7) is 2.98. The van der Waals surface area contributed by atoms with Gasteiger partial charge in [0.15, 0.2) is 5.13 Å². The van der Waals surface area contributed by atoms with E-state index in [1.54, 1.807) is 12.5 Å². The van der Waals surface area contributed by atoms with Gasteiger partial charge in [-0.3, -0.25) is 9.69 Å². The summed E-state index contributed by atoms with van der Waals surface area (Å²) in [7, 11) is 0. The van der Waals surface area contributed by atoms with Crippen LogP contribution in [0.2, 0.25) is 0 Å². The van der Waals surface area contributed by atoms with E-state index < -0.39 is 17.5 Å². The molecule has 0 radical (unpaired) electrons. The number of fused-ring (bicyclic) bond motifs is 1. The van der Waals surface area contributed by atoms with Crippen LogP contribution in [0.5, 0.6) is 0 Å². The molecule has 0 aliphatic heterocycles. The number of imidazole rings is 1. The quantitative estimate of drug-likeness (QED) is 0.405. The van der Waals surface area contributed by atoms with E-state index in [2.05, 4.69) is 9.97 Å². The topological polar surface area (TPSA) is 51.0 Å². The first-order valence-electron chi connectivity index (χ1n) is 9.11. The van der Waals surface area contributed by atoms with Gasteiger partial charge in [-0.05, 0) is 43.2 Å². The number of carbonyl (C=O) groups excluding carboxylic acids is 1. The van der Waals surface area contributed by atoms with Gasteiger partial charge >= 0.3 is 0 Å². The monoisotopic (exact) mass is 448 g/mol. The van der Waals surface area contributed by atoms with Crippen molar-refractivity contribution in [3.8, 4) is 0 Å². The molecule has 0 unspecified atom stereocenters. The number of anilines is 1. The summed E-state index contributed by atoms with van der Waals surface area (Å²) in [4.78, 5) is 23.2. The number of carbonyl (C=O) groups is 1. The van der Waals surface area contributed by atoms with Crippen molar-refractivity contribution < 1.29 is 13.6 Å². The first-order chi connectivity index (χ1) is 14.0. The van der Waals surface area contributed by atoms with Gasteiger partial charge in [0.05, 0.1) is 22.1 Å². The number of rotatable bonds is 6. The molecule has 0 bridgehead atoms. The highest BCUT2D eigenvalue weighted by atomic mass is 35.5. The lowest BCUT2D eigenvalue weighted by Gasteiger charge is -2.20. The third-order valence-corrected chi connectivity index (χ3v) is 5.57. The van der Waals surface area contributed by atoms with E-state index in [0.29, 0.717) is 24.6 Å². The Hall–Kier alpha value is -2.84. The summed E-state index contributed by atoms with van der Waals surface area (Å²) < 4.78 is 30.4. The number of amides is 1. The molecule has 0 saturated heterocycles. The Bertz CT molecular complexity index is 1160. The third-order valence-electron chi connectivity index (χ3n) is 4.53. The molecule has 1 amide bonds. The summed E-state index contributed by atoms with van der Waals surface area (Å²) in [5.74, 6) is -2.14. The van der Waals surface area contributed by atoms with Gasteiger partial charge in [0, 0.05) is 31.5 Å². The summed E-state index contributed by atoms with van der Waals surface area (Å²) >= 11 is 1.38. The van der Waals surface area contributed by atoms with Crippen LogP contribution >= 0.6 is 23.7 Å². The maximum absolute atomic E-state index is 14.3. The minimum atomic E-state index is -0.883. The van der Waals surface area contributed by atoms with Crippen LogP contribution in [0, 0.1) is 18.6 Å². The highest BCUT2D eigenvalue weighted by molar-refractivity contribution is 7.22. The average Bonchev–Trinajstić information content (AvgIpc) is 3.34. The average molecular weight is 449 g/mol. The Balaban J connectivity index is 0.00000256. The standard InChI is InChI=1S/C21H18F2N4OS.ClH/c1-14-3-6-18-19(11-14)29-21(25-18)27(9-2-8-26-10-7-24-13-26)20(28)16-5-4-15(22)12-17(16)23;/h3-7,10-13H,2,8-9H2,1H3;1H. The Morgan fingerprint density at radius 3 is 2.77 bits per heavy atom. The number of benzene rings is 2. The second-order valence-electron chi connectivity index (χ2n) is 6.70. The van der Waals surface area contributed by atoms with Crippen molar-refractivity contribution in [1.29, 1.82) is 0 Å². The smallest absolute Gasteiger partial charge is 0.263 e. The van der Waals surface area contributed by atoms with Gasteiger partial charge < -0.3 is 4.57 Å². The summed E-state index contributed by atoms with van der Waals surface area (Å²) in [5, 5.41) is 0.491. The van der Waals surface area contributed by atoms with E-state index in [1.807, 2.05) is 35.9 Å². The van der Waals surface area contributed by atoms with Crippen LogP contribution in [0.1, 0.15) is 22.3 Å². The van der Waals surface area contributed by atoms with Crippen molar-refractivity contribution in [2.75, 3.05) is 11.4 Å². The second kappa shape index (κ2) is 9.32. The van der Waals surface area contributed by atoms with Crippen LogP contribution < -0.4 is 4.90 Å². The van der Waals surface area contributed by atoms with E-state index in [-0.39, 0.29) is 18.0 Å². The zero-order chi connectivity index (χ0) is 20.4. The van der Waals surface area contributed by atoms with Gasteiger partial charge in [-0.2, -0.15) is 0 Å². The van der Waals surface area contributed by atoms with Crippen molar-refractivity contribution in [2.24, 2.45) is 0 Å². The minimum absolute atomic E-state index is 0. The molecule has 2 aromatic carbocycles. The van der Waals surface area contributed by atoms with Crippen molar-refractivity contribution in [1.82, 2.24) is 14.5 Å². The zero-order valence-electron chi connectivity index (χ0n) is 16.1. The van der Waals surface area contributed by atoms with Crippen LogP contribution in [-0.4, -0.2) is 27.0 Å². The Kier molecular flexibility index (Phi) is 6.79. The molecule has 0 atom stereocenters. The lowest BCUT2D eigenvalue weighted by molar-refractivity contribution is 0.0982. The van der Waals surface area contributed by atoms with Crippen molar-refractivity contribution in [2.45, 2.75) is 19.9 Å². The van der Waals surface area contributed by atoms with Crippen molar-refractivity contribution in [3.63, 3.8) is 0 Å². The lowest BCUT2D eigenvalue weighted by atomic mass is 10.2. The lowest BCUT2D eigenvalue weighted by Crippen LogP contribution is -2.33. The number of aryl methyl sites for hydroxylation is 2. The molecule has 0 aliphatic carbocycles. The fourth-order valence-electron chi connectivity index (χ4n) is 3.06. The molecule has 156 valence electrons. The van der Waals surface area contributed by atoms with Crippen LogP contribution in [0.3, 0.4) is 0 Å². The van der Waals surface area contributed by atoms with E-state index in [4.69, 9.17) is 0 Å². The van der Waals surface area contributed by atoms with Gasteiger partial charge in [0.2, 0.25) is 0 Å². The van der Waals surface area contributed by atoms with Crippen molar-refractivity contribution >= 4 is 45.0 Å². The number of halogens is 3. The predicted octanol–water partition coefficient (Wildman–Crippen LogP) is 5.24. The number of hydrogen-bond acceptors (Lipinski definition) is 4. The Morgan fingerprint density at radius 2 is 2.03 bits per heavy atom. The van der Waals surface area contributed by atoms with Gasteiger partial charge in [0.1, 0.15) is 11.6 Å². The summed E-state index contributed by atoms with van der Waals surface area (Å²) in [6.07, 6.45) is 5.85. The number of nitrogens with zero attached hydrogens (tertiary/aromatic N) is 4. The molecule has 4 aromatic rings. The number of thiazole rings is 1. The van der Waals surface area contributed by atoms with E-state index in [9.17, 15) is 13.6 Å². The van der Waals surface area contributed by atoms with Gasteiger partial charge in [0.25, 0.3) is 5.91 Å². The molecule has 0 spiro atoms. The molecule has 2 aromatic heterocycles. The molecule has 2 heterocycles. The molecule has 30 heavy (non-hydrogen) atoms. The normalized spacial score (nSPS) is 10.8. The van der Waals surface area contributed by atoms with Crippen LogP contribution in [0.15, 0.2) is 55.1 Å². The van der Waals surface area contributed by atoms with Gasteiger partial charge in [-0.15, -0.1) is 12.4 Å². The highest BCUT2D eigenvalue weighted by Crippen LogP contribution is 2.31. The fraction of sp³-hybridized carbons (Fsp3) is 0.190. The molecule has 9 heteroatoms. The Labute approximate surface area is 182 Å². The van der Waals surface area contributed by atoms with Gasteiger partial charge in [-0.1, -0.05) is 17.4 Å². The summed E-state index contributed by atoms with van der Waals surface area (Å²) in [5.41, 5.74) is 1.70. The number of hydrogen-bond donors (Lipinski definition) is 0. The highest BCUT2D eigenvalue weighted by Gasteiger charge is 2.24. The van der Waals surface area contributed by atoms with Gasteiger partial charge in [-0.25, -0.2) is 18.7 Å². The molecule has 0 fully saturated rings. The maximum Gasteiger partial charge on any atom is 0.263 e. The Morgan fingerprint density at radius 1 is 1.20 bits per heavy atom. The molecule has 0 saturated carbocycles. The maximum atomic E-state index is 14.3. The fourth-order valence-corrected chi connectivity index (χ4v) is 4.15. The molecule has 4 rings (SSSR count). The van der Waals surface area contributed by atoms with Crippen LogP contribution in [0.25, 0.3) is 10.2 Å². The van der Waals surface area contributed by atoms with Crippen LogP contribution in [-0.2, 0) is 6.54 Å². The largest absolute Gasteiger partial charge is 0.337 e. The summed E-state index contributed by atoms with van der Waals surface area (Å²) in [6, 6.07) is 8.84.